The van der Waals surface area contributed by atoms with Crippen molar-refractivity contribution in [3.8, 4) is 0 Å². The number of oxime groups is 1. The third kappa shape index (κ3) is 2.71. The summed E-state index contributed by atoms with van der Waals surface area (Å²) in [5, 5.41) is 9.51. The molecule has 0 saturated heterocycles. The molecule has 4 nitrogen and oxygen atoms in total. The zero-order valence-corrected chi connectivity index (χ0v) is 7.25. The predicted molar refractivity (Wildman–Crippen MR) is 46.6 cm³/mol. The lowest BCUT2D eigenvalue weighted by atomic mass is 10.6. The molecule has 1 aromatic rings. The lowest BCUT2D eigenvalue weighted by Crippen LogP contribution is -2.10. The number of nitrogens with zero attached hydrogens (tertiary/aromatic N) is 2. The highest BCUT2D eigenvalue weighted by Crippen LogP contribution is 2.14. The summed E-state index contributed by atoms with van der Waals surface area (Å²) in [6.45, 7) is 0. The second kappa shape index (κ2) is 4.50. The average Bonchev–Trinajstić information content (AvgIpc) is 2.53. The molecule has 1 aromatic heterocycles. The molecular formula is C7H7N2O2S. The van der Waals surface area contributed by atoms with Crippen LogP contribution < -0.4 is 5.32 Å². The van der Waals surface area contributed by atoms with Crippen molar-refractivity contribution in [2.75, 3.05) is 7.11 Å². The van der Waals surface area contributed by atoms with Gasteiger partial charge >= 0.3 is 0 Å². The van der Waals surface area contributed by atoms with Gasteiger partial charge < -0.3 is 4.84 Å². The van der Waals surface area contributed by atoms with E-state index in [9.17, 15) is 4.79 Å². The molecule has 1 heterocycles. The molecule has 0 unspecified atom stereocenters. The largest absolute Gasteiger partial charge is 0.399 e. The minimum absolute atomic E-state index is 0.417. The molecule has 0 spiro atoms. The van der Waals surface area contributed by atoms with E-state index in [1.807, 2.05) is 11.4 Å². The van der Waals surface area contributed by atoms with Gasteiger partial charge in [0.1, 0.15) is 18.3 Å². The van der Waals surface area contributed by atoms with E-state index in [1.165, 1.54) is 18.4 Å². The standard InChI is InChI=1S/C7H7N2O2S/c1-11-8-5-6(10)9-7-3-2-4-12-7/h2-5H,1H3/b8-5-. The maximum absolute atomic E-state index is 10.9. The van der Waals surface area contributed by atoms with E-state index < -0.39 is 5.91 Å². The molecular weight excluding hydrogens is 176 g/mol. The first-order valence-corrected chi connectivity index (χ1v) is 4.06. The Hall–Kier alpha value is -1.36. The van der Waals surface area contributed by atoms with E-state index in [0.29, 0.717) is 5.00 Å². The average molecular weight is 183 g/mol. The van der Waals surface area contributed by atoms with Crippen LogP contribution in [-0.2, 0) is 9.63 Å². The van der Waals surface area contributed by atoms with Crippen LogP contribution in [0.3, 0.4) is 0 Å². The highest BCUT2D eigenvalue weighted by atomic mass is 32.1. The SMILES string of the molecule is CO/N=C\C(=O)[N]c1cccs1. The summed E-state index contributed by atoms with van der Waals surface area (Å²) >= 11 is 1.39. The van der Waals surface area contributed by atoms with E-state index in [4.69, 9.17) is 0 Å². The molecule has 1 rings (SSSR count). The fourth-order valence-electron chi connectivity index (χ4n) is 0.569. The first-order chi connectivity index (χ1) is 5.83. The Balaban J connectivity index is 2.42. The van der Waals surface area contributed by atoms with Gasteiger partial charge in [-0.25, -0.2) is 0 Å². The molecule has 0 aliphatic heterocycles. The molecule has 1 radical (unpaired) electrons. The molecule has 5 heteroatoms. The van der Waals surface area contributed by atoms with Crippen molar-refractivity contribution in [3.05, 3.63) is 17.5 Å². The molecule has 0 fully saturated rings. The summed E-state index contributed by atoms with van der Waals surface area (Å²) in [5.41, 5.74) is 0. The summed E-state index contributed by atoms with van der Waals surface area (Å²) in [5.74, 6) is -0.417. The van der Waals surface area contributed by atoms with Crippen molar-refractivity contribution >= 4 is 28.5 Å². The second-order valence-electron chi connectivity index (χ2n) is 1.82. The maximum Gasteiger partial charge on any atom is 0.292 e. The number of carbonyl (C=O) groups excluding carboxylic acids is 1. The van der Waals surface area contributed by atoms with Crippen LogP contribution in [0.25, 0.3) is 0 Å². The molecule has 1 amide bonds. The summed E-state index contributed by atoms with van der Waals surface area (Å²) in [7, 11) is 1.37. The van der Waals surface area contributed by atoms with Gasteiger partial charge in [-0.1, -0.05) is 5.16 Å². The van der Waals surface area contributed by atoms with E-state index in [2.05, 4.69) is 15.3 Å². The molecule has 0 aliphatic carbocycles. The molecule has 63 valence electrons. The number of hydrogen-bond acceptors (Lipinski definition) is 4. The Morgan fingerprint density at radius 2 is 2.58 bits per heavy atom. The smallest absolute Gasteiger partial charge is 0.292 e. The van der Waals surface area contributed by atoms with E-state index in [0.717, 1.165) is 6.21 Å². The predicted octanol–water partition coefficient (Wildman–Crippen LogP) is 1.14. The maximum atomic E-state index is 10.9. The van der Waals surface area contributed by atoms with Gasteiger partial charge in [-0.15, -0.1) is 11.3 Å². The van der Waals surface area contributed by atoms with Crippen LogP contribution in [0.15, 0.2) is 22.7 Å². The van der Waals surface area contributed by atoms with E-state index in [1.54, 1.807) is 6.07 Å². The summed E-state index contributed by atoms with van der Waals surface area (Å²) in [6, 6.07) is 3.58. The minimum Gasteiger partial charge on any atom is -0.399 e. The van der Waals surface area contributed by atoms with E-state index in [-0.39, 0.29) is 0 Å². The normalized spacial score (nSPS) is 10.1. The topological polar surface area (TPSA) is 52.8 Å². The Kier molecular flexibility index (Phi) is 3.28. The van der Waals surface area contributed by atoms with Gasteiger partial charge in [-0.05, 0) is 17.5 Å². The van der Waals surface area contributed by atoms with Crippen molar-refractivity contribution in [1.82, 2.24) is 5.32 Å². The third-order valence-corrected chi connectivity index (χ3v) is 1.76. The van der Waals surface area contributed by atoms with Gasteiger partial charge in [0.2, 0.25) is 0 Å². The van der Waals surface area contributed by atoms with Gasteiger partial charge in [0.05, 0.1) is 0 Å². The molecule has 0 saturated carbocycles. The quantitative estimate of drug-likeness (QED) is 0.521. The first kappa shape index (κ1) is 8.73. The van der Waals surface area contributed by atoms with Crippen LogP contribution in [0.2, 0.25) is 0 Å². The van der Waals surface area contributed by atoms with Crippen molar-refractivity contribution in [3.63, 3.8) is 0 Å². The Labute approximate surface area is 73.8 Å². The number of amides is 1. The number of carbonyl (C=O) groups is 1. The fourth-order valence-corrected chi connectivity index (χ4v) is 1.17. The molecule has 0 bridgehead atoms. The zero-order chi connectivity index (χ0) is 8.81. The highest BCUT2D eigenvalue weighted by molar-refractivity contribution is 7.13. The van der Waals surface area contributed by atoms with Crippen LogP contribution in [-0.4, -0.2) is 19.2 Å². The summed E-state index contributed by atoms with van der Waals surface area (Å²) < 4.78 is 0. The van der Waals surface area contributed by atoms with E-state index >= 15 is 0 Å². The van der Waals surface area contributed by atoms with Crippen molar-refractivity contribution in [2.24, 2.45) is 5.16 Å². The molecule has 0 aromatic carbocycles. The Morgan fingerprint density at radius 3 is 3.17 bits per heavy atom. The molecule has 0 atom stereocenters. The monoisotopic (exact) mass is 183 g/mol. The van der Waals surface area contributed by atoms with Crippen molar-refractivity contribution < 1.29 is 9.63 Å². The van der Waals surface area contributed by atoms with Gasteiger partial charge in [0, 0.05) is 0 Å². The number of rotatable bonds is 3. The lowest BCUT2D eigenvalue weighted by molar-refractivity contribution is -0.113. The Morgan fingerprint density at radius 1 is 1.75 bits per heavy atom. The zero-order valence-electron chi connectivity index (χ0n) is 6.43. The van der Waals surface area contributed by atoms with Crippen LogP contribution in [0.5, 0.6) is 0 Å². The fraction of sp³-hybridized carbons (Fsp3) is 0.143. The first-order valence-electron chi connectivity index (χ1n) is 3.18. The van der Waals surface area contributed by atoms with Crippen LogP contribution >= 0.6 is 11.3 Å². The van der Waals surface area contributed by atoms with Crippen LogP contribution in [0.1, 0.15) is 0 Å². The summed E-state index contributed by atoms with van der Waals surface area (Å²) in [4.78, 5) is 15.2. The van der Waals surface area contributed by atoms with Crippen LogP contribution in [0, 0.1) is 0 Å². The Bertz CT molecular complexity index is 269. The van der Waals surface area contributed by atoms with Gasteiger partial charge in [-0.3, -0.25) is 4.79 Å². The van der Waals surface area contributed by atoms with Gasteiger partial charge in [0.15, 0.2) is 0 Å². The molecule has 0 aliphatic rings. The lowest BCUT2D eigenvalue weighted by Gasteiger charge is -1.90. The summed E-state index contributed by atoms with van der Waals surface area (Å²) in [6.07, 6.45) is 1.03. The highest BCUT2D eigenvalue weighted by Gasteiger charge is 2.00. The minimum atomic E-state index is -0.417. The number of hydrogen-bond donors (Lipinski definition) is 0. The number of thiophene rings is 1. The third-order valence-electron chi connectivity index (χ3n) is 0.995. The second-order valence-corrected chi connectivity index (χ2v) is 2.74. The van der Waals surface area contributed by atoms with Crippen molar-refractivity contribution in [2.45, 2.75) is 0 Å². The molecule has 12 heavy (non-hydrogen) atoms. The van der Waals surface area contributed by atoms with Gasteiger partial charge in [-0.2, -0.15) is 5.32 Å². The van der Waals surface area contributed by atoms with Gasteiger partial charge in [0.25, 0.3) is 5.91 Å². The van der Waals surface area contributed by atoms with Crippen LogP contribution in [0.4, 0.5) is 5.00 Å². The van der Waals surface area contributed by atoms with Crippen molar-refractivity contribution in [1.29, 1.82) is 0 Å². The molecule has 0 N–H and O–H groups in total.